The topological polar surface area (TPSA) is 67.8 Å². The number of aliphatic hydroxyl groups excluding tert-OH is 1. The lowest BCUT2D eigenvalue weighted by Gasteiger charge is -2.41. The van der Waals surface area contributed by atoms with Gasteiger partial charge < -0.3 is 19.9 Å². The molecule has 1 heterocycles. The van der Waals surface area contributed by atoms with Crippen molar-refractivity contribution >= 4 is 17.7 Å². The van der Waals surface area contributed by atoms with Gasteiger partial charge in [0, 0.05) is 35.6 Å². The summed E-state index contributed by atoms with van der Waals surface area (Å²) in [6, 6.07) is 34.9. The molecule has 0 aliphatic carbocycles. The zero-order valence-corrected chi connectivity index (χ0v) is 23.6. The van der Waals surface area contributed by atoms with E-state index in [1.165, 1.54) is 11.8 Å². The second-order valence-corrected chi connectivity index (χ2v) is 11.3. The highest BCUT2D eigenvalue weighted by Gasteiger charge is 2.38. The van der Waals surface area contributed by atoms with Crippen LogP contribution >= 0.6 is 11.8 Å². The van der Waals surface area contributed by atoms with E-state index in [-0.39, 0.29) is 30.6 Å². The van der Waals surface area contributed by atoms with E-state index in [2.05, 4.69) is 66.8 Å². The number of aliphatic hydroxyl groups is 1. The molecule has 1 amide bonds. The molecule has 1 aliphatic rings. The van der Waals surface area contributed by atoms with Crippen LogP contribution in [0.15, 0.2) is 108 Å². The number of nitrogens with one attached hydrogen (secondary N) is 1. The fraction of sp³-hybridized carbons (Fsp3) is 0.265. The van der Waals surface area contributed by atoms with Crippen LogP contribution in [-0.2, 0) is 27.4 Å². The maximum atomic E-state index is 11.4. The van der Waals surface area contributed by atoms with Crippen molar-refractivity contribution in [3.05, 3.63) is 125 Å². The van der Waals surface area contributed by atoms with Crippen molar-refractivity contribution in [3.8, 4) is 11.1 Å². The van der Waals surface area contributed by atoms with Crippen molar-refractivity contribution in [3.63, 3.8) is 0 Å². The Bertz CT molecular complexity index is 1410. The molecule has 2 N–H and O–H groups in total. The van der Waals surface area contributed by atoms with Crippen LogP contribution in [0.3, 0.4) is 0 Å². The quantitative estimate of drug-likeness (QED) is 0.217. The van der Waals surface area contributed by atoms with E-state index < -0.39 is 6.29 Å². The van der Waals surface area contributed by atoms with Gasteiger partial charge in [0.05, 0.1) is 18.8 Å². The molecule has 0 bridgehead atoms. The number of thioether (sulfide) groups is 1. The molecule has 0 spiro atoms. The minimum absolute atomic E-state index is 0.0161. The van der Waals surface area contributed by atoms with E-state index in [4.69, 9.17) is 9.47 Å². The Kier molecular flexibility index (Phi) is 9.34. The summed E-state index contributed by atoms with van der Waals surface area (Å²) in [6.45, 7) is 4.22. The van der Waals surface area contributed by atoms with E-state index in [0.717, 1.165) is 39.1 Å². The summed E-state index contributed by atoms with van der Waals surface area (Å²) >= 11 is 1.80. The highest BCUT2D eigenvalue weighted by molar-refractivity contribution is 7.99. The lowest BCUT2D eigenvalue weighted by molar-refractivity contribution is -0.268. The number of hydrogen-bond acceptors (Lipinski definition) is 5. The zero-order valence-electron chi connectivity index (χ0n) is 22.8. The standard InChI is InChI=1S/C34H35NO4S/c1-23-32(22-40-31-12-4-3-5-13-31)38-34(39-33(23)27-16-14-25(21-36)15-17-27)30-11-7-10-29(19-30)28-9-6-8-26(18-28)20-35-24(2)37/h3-19,23,32-34,36H,20-22H2,1-2H3,(H,35,37). The van der Waals surface area contributed by atoms with Gasteiger partial charge in [0.1, 0.15) is 0 Å². The third-order valence-corrected chi connectivity index (χ3v) is 8.34. The summed E-state index contributed by atoms with van der Waals surface area (Å²) in [5.41, 5.74) is 6.09. The molecule has 206 valence electrons. The molecule has 0 radical (unpaired) electrons. The van der Waals surface area contributed by atoms with E-state index in [0.29, 0.717) is 6.54 Å². The van der Waals surface area contributed by atoms with Crippen LogP contribution in [0.4, 0.5) is 0 Å². The maximum Gasteiger partial charge on any atom is 0.217 e. The molecule has 1 fully saturated rings. The number of amides is 1. The van der Waals surface area contributed by atoms with E-state index in [9.17, 15) is 9.90 Å². The van der Waals surface area contributed by atoms with Gasteiger partial charge in [0.25, 0.3) is 0 Å². The van der Waals surface area contributed by atoms with Crippen LogP contribution in [0, 0.1) is 5.92 Å². The van der Waals surface area contributed by atoms with Gasteiger partial charge in [-0.05, 0) is 52.1 Å². The molecule has 40 heavy (non-hydrogen) atoms. The summed E-state index contributed by atoms with van der Waals surface area (Å²) < 4.78 is 13.3. The highest BCUT2D eigenvalue weighted by atomic mass is 32.2. The fourth-order valence-corrected chi connectivity index (χ4v) is 6.05. The molecule has 4 aromatic rings. The smallest absolute Gasteiger partial charge is 0.217 e. The average molecular weight is 554 g/mol. The Labute approximate surface area is 240 Å². The lowest BCUT2D eigenvalue weighted by atomic mass is 9.91. The number of carbonyl (C=O) groups is 1. The number of hydrogen-bond donors (Lipinski definition) is 2. The first-order chi connectivity index (χ1) is 19.5. The Morgan fingerprint density at radius 2 is 1.55 bits per heavy atom. The van der Waals surface area contributed by atoms with Crippen LogP contribution in [0.2, 0.25) is 0 Å². The highest BCUT2D eigenvalue weighted by Crippen LogP contribution is 2.43. The van der Waals surface area contributed by atoms with Gasteiger partial charge in [-0.15, -0.1) is 11.8 Å². The van der Waals surface area contributed by atoms with Gasteiger partial charge in [-0.2, -0.15) is 0 Å². The molecule has 1 saturated heterocycles. The molecule has 0 saturated carbocycles. The van der Waals surface area contributed by atoms with E-state index >= 15 is 0 Å². The molecule has 4 unspecified atom stereocenters. The third kappa shape index (κ3) is 7.01. The van der Waals surface area contributed by atoms with Crippen molar-refractivity contribution in [2.45, 2.75) is 50.4 Å². The summed E-state index contributed by atoms with van der Waals surface area (Å²) in [7, 11) is 0. The largest absolute Gasteiger partial charge is 0.392 e. The number of carbonyl (C=O) groups excluding carboxylic acids is 1. The van der Waals surface area contributed by atoms with Crippen LogP contribution < -0.4 is 5.32 Å². The first-order valence-electron chi connectivity index (χ1n) is 13.6. The van der Waals surface area contributed by atoms with Crippen molar-refractivity contribution in [2.24, 2.45) is 5.92 Å². The molecular formula is C34H35NO4S. The summed E-state index contributed by atoms with van der Waals surface area (Å²) in [6.07, 6.45) is -0.712. The minimum atomic E-state index is -0.525. The number of benzene rings is 4. The van der Waals surface area contributed by atoms with Crippen LogP contribution in [0.5, 0.6) is 0 Å². The van der Waals surface area contributed by atoms with E-state index in [1.807, 2.05) is 48.5 Å². The summed E-state index contributed by atoms with van der Waals surface area (Å²) in [5.74, 6) is 0.885. The lowest BCUT2D eigenvalue weighted by Crippen LogP contribution is -2.38. The van der Waals surface area contributed by atoms with Gasteiger partial charge in [-0.3, -0.25) is 4.79 Å². The molecule has 5 rings (SSSR count). The molecular weight excluding hydrogens is 518 g/mol. The first-order valence-corrected chi connectivity index (χ1v) is 14.6. The van der Waals surface area contributed by atoms with Gasteiger partial charge >= 0.3 is 0 Å². The molecule has 4 aromatic carbocycles. The van der Waals surface area contributed by atoms with Crippen LogP contribution in [-0.4, -0.2) is 22.9 Å². The molecule has 0 aromatic heterocycles. The van der Waals surface area contributed by atoms with Gasteiger partial charge in [0.2, 0.25) is 5.91 Å². The van der Waals surface area contributed by atoms with Gasteiger partial charge in [-0.1, -0.05) is 85.8 Å². The van der Waals surface area contributed by atoms with Crippen LogP contribution in [0.1, 0.15) is 48.5 Å². The monoisotopic (exact) mass is 553 g/mol. The average Bonchev–Trinajstić information content (AvgIpc) is 3.00. The van der Waals surface area contributed by atoms with Crippen molar-refractivity contribution in [1.82, 2.24) is 5.32 Å². The normalized spacial score (nSPS) is 20.7. The van der Waals surface area contributed by atoms with Gasteiger partial charge in [-0.25, -0.2) is 0 Å². The Hall–Kier alpha value is -3.42. The van der Waals surface area contributed by atoms with Crippen molar-refractivity contribution < 1.29 is 19.4 Å². The third-order valence-electron chi connectivity index (χ3n) is 7.24. The molecule has 1 aliphatic heterocycles. The van der Waals surface area contributed by atoms with Gasteiger partial charge in [0.15, 0.2) is 6.29 Å². The Morgan fingerprint density at radius 1 is 0.825 bits per heavy atom. The maximum absolute atomic E-state index is 11.4. The van der Waals surface area contributed by atoms with Crippen LogP contribution in [0.25, 0.3) is 11.1 Å². The molecule has 5 nitrogen and oxygen atoms in total. The van der Waals surface area contributed by atoms with E-state index in [1.54, 1.807) is 11.8 Å². The SMILES string of the molecule is CC(=O)NCc1cccc(-c2cccc(C3OC(CSc4ccccc4)C(C)C(c4ccc(CO)cc4)O3)c2)c1. The zero-order chi connectivity index (χ0) is 27.9. The minimum Gasteiger partial charge on any atom is -0.392 e. The number of ether oxygens (including phenoxy) is 2. The second kappa shape index (κ2) is 13.3. The second-order valence-electron chi connectivity index (χ2n) is 10.2. The Morgan fingerprint density at radius 3 is 2.27 bits per heavy atom. The summed E-state index contributed by atoms with van der Waals surface area (Å²) in [5, 5.41) is 12.4. The first kappa shape index (κ1) is 28.1. The summed E-state index contributed by atoms with van der Waals surface area (Å²) in [4.78, 5) is 12.6. The Balaban J connectivity index is 1.41. The fourth-order valence-electron chi connectivity index (χ4n) is 4.96. The number of rotatable bonds is 9. The predicted octanol–water partition coefficient (Wildman–Crippen LogP) is 7.07. The predicted molar refractivity (Wildman–Crippen MR) is 160 cm³/mol. The molecule has 4 atom stereocenters. The van der Waals surface area contributed by atoms with Crippen molar-refractivity contribution in [2.75, 3.05) is 5.75 Å². The van der Waals surface area contributed by atoms with Crippen molar-refractivity contribution in [1.29, 1.82) is 0 Å². The molecule has 6 heteroatoms.